The maximum atomic E-state index is 13.9. The molecule has 196 valence electrons. The van der Waals surface area contributed by atoms with Gasteiger partial charge in [0.1, 0.15) is 0 Å². The average Bonchev–Trinajstić information content (AvgIpc) is 2.92. The van der Waals surface area contributed by atoms with Crippen LogP contribution in [-0.4, -0.2) is 85.2 Å². The minimum Gasteiger partial charge on any atom is -0.450 e. The normalized spacial score (nSPS) is 21.2. The number of rotatable bonds is 4. The van der Waals surface area contributed by atoms with E-state index in [1.54, 1.807) is 17.9 Å². The van der Waals surface area contributed by atoms with Gasteiger partial charge in [0.25, 0.3) is 5.69 Å². The average molecular weight is 528 g/mol. The minimum atomic E-state index is -0.396. The van der Waals surface area contributed by atoms with Gasteiger partial charge >= 0.3 is 6.09 Å². The molecule has 0 radical (unpaired) electrons. The monoisotopic (exact) mass is 527 g/mol. The van der Waals surface area contributed by atoms with E-state index in [1.165, 1.54) is 6.07 Å². The van der Waals surface area contributed by atoms with Crippen LogP contribution in [0.5, 0.6) is 0 Å². The van der Waals surface area contributed by atoms with Crippen molar-refractivity contribution in [2.24, 2.45) is 5.92 Å². The summed E-state index contributed by atoms with van der Waals surface area (Å²) < 4.78 is 5.10. The first kappa shape index (κ1) is 25.1. The summed E-state index contributed by atoms with van der Waals surface area (Å²) in [6.45, 7) is 5.76. The number of ether oxygens (including phenoxy) is 1. The molecule has 0 spiro atoms. The lowest BCUT2D eigenvalue weighted by molar-refractivity contribution is -0.384. The highest BCUT2D eigenvalue weighted by Gasteiger charge is 2.44. The Balaban J connectivity index is 1.41. The van der Waals surface area contributed by atoms with Gasteiger partial charge in [-0.2, -0.15) is 0 Å². The van der Waals surface area contributed by atoms with Crippen molar-refractivity contribution < 1.29 is 19.2 Å². The van der Waals surface area contributed by atoms with Gasteiger partial charge in [0.2, 0.25) is 5.91 Å². The van der Waals surface area contributed by atoms with Crippen molar-refractivity contribution in [3.63, 3.8) is 0 Å². The van der Waals surface area contributed by atoms with Crippen LogP contribution in [0.1, 0.15) is 12.5 Å². The molecule has 2 atom stereocenters. The van der Waals surface area contributed by atoms with Crippen molar-refractivity contribution in [3.05, 3.63) is 63.2 Å². The Labute approximate surface area is 220 Å². The van der Waals surface area contributed by atoms with Crippen LogP contribution in [0.2, 0.25) is 5.02 Å². The zero-order valence-electron chi connectivity index (χ0n) is 20.7. The standard InChI is InChI=1S/C26H30ClN5O5/c1-2-37-26(34)29-11-9-28(10-12-29)25(33)20-16-18-15-19(32(35)36)7-8-22(18)31-14-13-30(17-24(20)31)23-6-4-3-5-21(23)27/h3-8,15,20,24H,2,9-14,16-17H2,1H3/t20-,24+/m0/s1. The van der Waals surface area contributed by atoms with Gasteiger partial charge in [0.15, 0.2) is 0 Å². The number of carbonyl (C=O) groups is 2. The molecule has 0 aromatic heterocycles. The van der Waals surface area contributed by atoms with E-state index in [1.807, 2.05) is 35.2 Å². The molecule has 3 aliphatic rings. The van der Waals surface area contributed by atoms with Crippen LogP contribution in [-0.2, 0) is 16.0 Å². The Kier molecular flexibility index (Phi) is 7.10. The highest BCUT2D eigenvalue weighted by Crippen LogP contribution is 2.40. The number of piperazine rings is 2. The second-order valence-electron chi connectivity index (χ2n) is 9.55. The molecule has 2 saturated heterocycles. The molecular formula is C26H30ClN5O5. The van der Waals surface area contributed by atoms with Gasteiger partial charge in [0, 0.05) is 63.6 Å². The highest BCUT2D eigenvalue weighted by atomic mass is 35.5. The van der Waals surface area contributed by atoms with Crippen LogP contribution in [0.3, 0.4) is 0 Å². The molecule has 0 bridgehead atoms. The minimum absolute atomic E-state index is 0.0108. The molecule has 2 aromatic rings. The highest BCUT2D eigenvalue weighted by molar-refractivity contribution is 6.33. The lowest BCUT2D eigenvalue weighted by atomic mass is 9.82. The zero-order chi connectivity index (χ0) is 26.1. The SMILES string of the molecule is CCOC(=O)N1CCN(C(=O)[C@H]2Cc3cc([N+](=O)[O-])ccc3N3CCN(c4ccccc4Cl)C[C@H]23)CC1. The van der Waals surface area contributed by atoms with Gasteiger partial charge in [-0.25, -0.2) is 4.79 Å². The summed E-state index contributed by atoms with van der Waals surface area (Å²) in [6, 6.07) is 12.5. The lowest BCUT2D eigenvalue weighted by Crippen LogP contribution is -2.62. The van der Waals surface area contributed by atoms with Crippen molar-refractivity contribution in [1.29, 1.82) is 0 Å². The van der Waals surface area contributed by atoms with Crippen LogP contribution in [0, 0.1) is 16.0 Å². The van der Waals surface area contributed by atoms with E-state index in [2.05, 4.69) is 9.80 Å². The van der Waals surface area contributed by atoms with E-state index < -0.39 is 4.92 Å². The van der Waals surface area contributed by atoms with Gasteiger partial charge in [0.05, 0.1) is 34.2 Å². The number of non-ortho nitro benzene ring substituents is 1. The van der Waals surface area contributed by atoms with Gasteiger partial charge in [-0.1, -0.05) is 23.7 Å². The fourth-order valence-electron chi connectivity index (χ4n) is 5.69. The van der Waals surface area contributed by atoms with E-state index in [0.717, 1.165) is 23.5 Å². The van der Waals surface area contributed by atoms with Gasteiger partial charge < -0.3 is 24.3 Å². The Morgan fingerprint density at radius 3 is 2.46 bits per heavy atom. The summed E-state index contributed by atoms with van der Waals surface area (Å²) >= 11 is 6.51. The fourth-order valence-corrected chi connectivity index (χ4v) is 5.95. The van der Waals surface area contributed by atoms with E-state index in [0.29, 0.717) is 57.3 Å². The number of hydrogen-bond donors (Lipinski definition) is 0. The van der Waals surface area contributed by atoms with E-state index in [-0.39, 0.29) is 29.6 Å². The third kappa shape index (κ3) is 4.90. The molecule has 0 unspecified atom stereocenters. The number of anilines is 2. The second-order valence-corrected chi connectivity index (χ2v) is 9.96. The van der Waals surface area contributed by atoms with Crippen molar-refractivity contribution in [2.45, 2.75) is 19.4 Å². The summed E-state index contributed by atoms with van der Waals surface area (Å²) in [5.74, 6) is -0.370. The number of carbonyl (C=O) groups excluding carboxylic acids is 2. The molecule has 2 fully saturated rings. The number of fused-ring (bicyclic) bond motifs is 3. The Bertz CT molecular complexity index is 1200. The maximum absolute atomic E-state index is 13.9. The molecule has 2 amide bonds. The summed E-state index contributed by atoms with van der Waals surface area (Å²) in [6.07, 6.45) is 0.0631. The maximum Gasteiger partial charge on any atom is 0.409 e. The lowest BCUT2D eigenvalue weighted by Gasteiger charge is -2.50. The summed E-state index contributed by atoms with van der Waals surface area (Å²) in [5.41, 5.74) is 2.74. The van der Waals surface area contributed by atoms with Crippen LogP contribution in [0.25, 0.3) is 0 Å². The Morgan fingerprint density at radius 1 is 1.03 bits per heavy atom. The van der Waals surface area contributed by atoms with Crippen molar-refractivity contribution in [1.82, 2.24) is 9.80 Å². The molecule has 3 aliphatic heterocycles. The van der Waals surface area contributed by atoms with E-state index in [4.69, 9.17) is 16.3 Å². The first-order chi connectivity index (χ1) is 17.9. The van der Waals surface area contributed by atoms with E-state index in [9.17, 15) is 19.7 Å². The van der Waals surface area contributed by atoms with Gasteiger partial charge in [-0.05, 0) is 37.1 Å². The quantitative estimate of drug-likeness (QED) is 0.443. The smallest absolute Gasteiger partial charge is 0.409 e. The molecule has 0 N–H and O–H groups in total. The number of nitrogens with zero attached hydrogens (tertiary/aromatic N) is 5. The molecule has 0 saturated carbocycles. The number of amides is 2. The van der Waals surface area contributed by atoms with E-state index >= 15 is 0 Å². The third-order valence-electron chi connectivity index (χ3n) is 7.53. The predicted molar refractivity (Wildman–Crippen MR) is 140 cm³/mol. The molecule has 5 rings (SSSR count). The largest absolute Gasteiger partial charge is 0.450 e. The first-order valence-electron chi connectivity index (χ1n) is 12.6. The van der Waals surface area contributed by atoms with Crippen molar-refractivity contribution in [3.8, 4) is 0 Å². The molecule has 10 nitrogen and oxygen atoms in total. The van der Waals surface area contributed by atoms with Gasteiger partial charge in [-0.3, -0.25) is 14.9 Å². The topological polar surface area (TPSA) is 99.5 Å². The summed E-state index contributed by atoms with van der Waals surface area (Å²) in [4.78, 5) is 45.0. The molecule has 3 heterocycles. The molecular weight excluding hydrogens is 498 g/mol. The fraction of sp³-hybridized carbons (Fsp3) is 0.462. The molecule has 0 aliphatic carbocycles. The van der Waals surface area contributed by atoms with Crippen molar-refractivity contribution >= 4 is 40.7 Å². The number of halogens is 1. The van der Waals surface area contributed by atoms with Crippen LogP contribution < -0.4 is 9.80 Å². The summed E-state index contributed by atoms with van der Waals surface area (Å²) in [5, 5.41) is 12.1. The van der Waals surface area contributed by atoms with Crippen LogP contribution in [0.15, 0.2) is 42.5 Å². The first-order valence-corrected chi connectivity index (χ1v) is 13.0. The zero-order valence-corrected chi connectivity index (χ0v) is 21.5. The third-order valence-corrected chi connectivity index (χ3v) is 7.85. The Morgan fingerprint density at radius 2 is 1.76 bits per heavy atom. The van der Waals surface area contributed by atoms with Crippen molar-refractivity contribution in [2.75, 3.05) is 62.2 Å². The van der Waals surface area contributed by atoms with Crippen LogP contribution in [0.4, 0.5) is 21.9 Å². The number of nitro groups is 1. The second kappa shape index (κ2) is 10.5. The predicted octanol–water partition coefficient (Wildman–Crippen LogP) is 3.42. The van der Waals surface area contributed by atoms with Crippen LogP contribution >= 0.6 is 11.6 Å². The molecule has 37 heavy (non-hydrogen) atoms. The number of hydrogen-bond acceptors (Lipinski definition) is 7. The number of para-hydroxylation sites is 1. The molecule has 11 heteroatoms. The molecule has 2 aromatic carbocycles. The number of benzene rings is 2. The Hall–Kier alpha value is -3.53. The summed E-state index contributed by atoms with van der Waals surface area (Å²) in [7, 11) is 0. The number of nitro benzene ring substituents is 1. The van der Waals surface area contributed by atoms with Gasteiger partial charge in [-0.15, -0.1) is 0 Å².